The fourth-order valence-electron chi connectivity index (χ4n) is 2.10. The monoisotopic (exact) mass is 267 g/mol. The lowest BCUT2D eigenvalue weighted by atomic mass is 9.99. The van der Waals surface area contributed by atoms with Gasteiger partial charge in [-0.3, -0.25) is 0 Å². The molecule has 1 nitrogen and oxygen atoms in total. The number of halogens is 1. The summed E-state index contributed by atoms with van der Waals surface area (Å²) in [6.07, 6.45) is 6.19. The highest BCUT2D eigenvalue weighted by Crippen LogP contribution is 2.15. The summed E-state index contributed by atoms with van der Waals surface area (Å²) in [4.78, 5) is 0. The van der Waals surface area contributed by atoms with Crippen LogP contribution in [-0.4, -0.2) is 12.4 Å². The number of aryl methyl sites for hydroxylation is 1. The third-order valence-electron chi connectivity index (χ3n) is 3.48. The molecule has 1 aromatic rings. The summed E-state index contributed by atoms with van der Waals surface area (Å²) in [6.45, 7) is 5.63. The Morgan fingerprint density at radius 1 is 1.17 bits per heavy atom. The molecule has 0 heterocycles. The van der Waals surface area contributed by atoms with Crippen molar-refractivity contribution in [3.63, 3.8) is 0 Å². The largest absolute Gasteiger partial charge is 0.385 e. The maximum absolute atomic E-state index is 5.73. The van der Waals surface area contributed by atoms with E-state index in [0.717, 1.165) is 18.9 Å². The molecule has 0 amide bonds. The predicted molar refractivity (Wildman–Crippen MR) is 82.7 cm³/mol. The average Bonchev–Trinajstić information content (AvgIpc) is 2.41. The third kappa shape index (κ3) is 5.77. The van der Waals surface area contributed by atoms with Gasteiger partial charge in [0.1, 0.15) is 0 Å². The zero-order chi connectivity index (χ0) is 13.2. The minimum Gasteiger partial charge on any atom is -0.385 e. The summed E-state index contributed by atoms with van der Waals surface area (Å²) < 4.78 is 0. The maximum atomic E-state index is 5.73. The van der Waals surface area contributed by atoms with Crippen LogP contribution in [0, 0.1) is 5.92 Å². The Balaban J connectivity index is 2.37. The molecule has 0 radical (unpaired) electrons. The number of benzene rings is 1. The fraction of sp³-hybridized carbons (Fsp3) is 0.625. The molecule has 1 rings (SSSR count). The Kier molecular flexibility index (Phi) is 7.91. The van der Waals surface area contributed by atoms with Crippen molar-refractivity contribution in [2.45, 2.75) is 46.0 Å². The summed E-state index contributed by atoms with van der Waals surface area (Å²) in [6, 6.07) is 8.65. The van der Waals surface area contributed by atoms with E-state index in [0.29, 0.717) is 5.88 Å². The Morgan fingerprint density at radius 2 is 1.89 bits per heavy atom. The summed E-state index contributed by atoms with van der Waals surface area (Å²) in [7, 11) is 0. The van der Waals surface area contributed by atoms with Gasteiger partial charge in [-0.05, 0) is 36.5 Å². The van der Waals surface area contributed by atoms with E-state index in [4.69, 9.17) is 11.6 Å². The van der Waals surface area contributed by atoms with Gasteiger partial charge in [0.25, 0.3) is 0 Å². The van der Waals surface area contributed by atoms with E-state index in [9.17, 15) is 0 Å². The second-order valence-electron chi connectivity index (χ2n) is 4.93. The van der Waals surface area contributed by atoms with Gasteiger partial charge >= 0.3 is 0 Å². The minimum atomic E-state index is 0.696. The molecule has 0 bridgehead atoms. The molecule has 1 unspecified atom stereocenters. The summed E-state index contributed by atoms with van der Waals surface area (Å²) in [5.74, 6) is 1.49. The van der Waals surface area contributed by atoms with Crippen molar-refractivity contribution in [1.82, 2.24) is 0 Å². The van der Waals surface area contributed by atoms with E-state index in [1.807, 2.05) is 0 Å². The van der Waals surface area contributed by atoms with Crippen LogP contribution in [0.25, 0.3) is 0 Å². The molecule has 0 saturated heterocycles. The van der Waals surface area contributed by atoms with Crippen LogP contribution >= 0.6 is 11.6 Å². The number of nitrogens with one attached hydrogen (secondary N) is 1. The highest BCUT2D eigenvalue weighted by Gasteiger charge is 2.05. The highest BCUT2D eigenvalue weighted by atomic mass is 35.5. The van der Waals surface area contributed by atoms with E-state index in [2.05, 4.69) is 43.4 Å². The molecule has 0 aliphatic heterocycles. The van der Waals surface area contributed by atoms with Crippen molar-refractivity contribution < 1.29 is 0 Å². The van der Waals surface area contributed by atoms with Gasteiger partial charge in [0.2, 0.25) is 0 Å². The molecule has 2 heteroatoms. The third-order valence-corrected chi connectivity index (χ3v) is 3.66. The first kappa shape index (κ1) is 15.4. The molecular formula is C16H26ClN. The number of unbranched alkanes of at least 4 members (excludes halogenated alkanes) is 1. The standard InChI is InChI=1S/C16H26ClN/c1-3-5-6-14(4-2)13-18-16-9-7-15(8-10-16)11-12-17/h7-10,14,18H,3-6,11-13H2,1-2H3. The van der Waals surface area contributed by atoms with Crippen LogP contribution in [0.5, 0.6) is 0 Å². The van der Waals surface area contributed by atoms with Crippen molar-refractivity contribution in [2.75, 3.05) is 17.7 Å². The zero-order valence-corrected chi connectivity index (χ0v) is 12.5. The van der Waals surface area contributed by atoms with E-state index in [1.165, 1.54) is 36.9 Å². The molecule has 0 spiro atoms. The average molecular weight is 268 g/mol. The number of hydrogen-bond acceptors (Lipinski definition) is 1. The van der Waals surface area contributed by atoms with Crippen molar-refractivity contribution >= 4 is 17.3 Å². The lowest BCUT2D eigenvalue weighted by molar-refractivity contribution is 0.473. The zero-order valence-electron chi connectivity index (χ0n) is 11.7. The van der Waals surface area contributed by atoms with Crippen LogP contribution in [0.15, 0.2) is 24.3 Å². The molecule has 1 aromatic carbocycles. The summed E-state index contributed by atoms with van der Waals surface area (Å²) >= 11 is 5.73. The van der Waals surface area contributed by atoms with Gasteiger partial charge < -0.3 is 5.32 Å². The molecule has 0 aromatic heterocycles. The second kappa shape index (κ2) is 9.27. The first-order valence-corrected chi connectivity index (χ1v) is 7.72. The van der Waals surface area contributed by atoms with E-state index < -0.39 is 0 Å². The van der Waals surface area contributed by atoms with Crippen molar-refractivity contribution in [3.05, 3.63) is 29.8 Å². The molecule has 0 aliphatic carbocycles. The van der Waals surface area contributed by atoms with Gasteiger partial charge in [0.05, 0.1) is 0 Å². The summed E-state index contributed by atoms with van der Waals surface area (Å²) in [5, 5.41) is 3.54. The number of anilines is 1. The van der Waals surface area contributed by atoms with Crippen molar-refractivity contribution in [1.29, 1.82) is 0 Å². The van der Waals surface area contributed by atoms with Gasteiger partial charge in [-0.2, -0.15) is 0 Å². The van der Waals surface area contributed by atoms with Crippen molar-refractivity contribution in [2.24, 2.45) is 5.92 Å². The number of alkyl halides is 1. The SMILES string of the molecule is CCCCC(CC)CNc1ccc(CCCl)cc1. The quantitative estimate of drug-likeness (QED) is 0.614. The smallest absolute Gasteiger partial charge is 0.0340 e. The van der Waals surface area contributed by atoms with Gasteiger partial charge in [0, 0.05) is 18.1 Å². The molecular weight excluding hydrogens is 242 g/mol. The van der Waals surface area contributed by atoms with Gasteiger partial charge in [0.15, 0.2) is 0 Å². The van der Waals surface area contributed by atoms with Crippen LogP contribution in [0.3, 0.4) is 0 Å². The van der Waals surface area contributed by atoms with Crippen LogP contribution < -0.4 is 5.32 Å². The van der Waals surface area contributed by atoms with Gasteiger partial charge in [-0.1, -0.05) is 45.2 Å². The molecule has 0 aliphatic rings. The van der Waals surface area contributed by atoms with Gasteiger partial charge in [-0.25, -0.2) is 0 Å². The summed E-state index contributed by atoms with van der Waals surface area (Å²) in [5.41, 5.74) is 2.54. The van der Waals surface area contributed by atoms with Gasteiger partial charge in [-0.15, -0.1) is 11.6 Å². The lowest BCUT2D eigenvalue weighted by Gasteiger charge is -2.16. The molecule has 1 N–H and O–H groups in total. The molecule has 102 valence electrons. The predicted octanol–water partition coefficient (Wildman–Crippen LogP) is 5.10. The Morgan fingerprint density at radius 3 is 2.44 bits per heavy atom. The van der Waals surface area contributed by atoms with E-state index >= 15 is 0 Å². The van der Waals surface area contributed by atoms with Crippen LogP contribution in [0.2, 0.25) is 0 Å². The lowest BCUT2D eigenvalue weighted by Crippen LogP contribution is -2.13. The van der Waals surface area contributed by atoms with Crippen LogP contribution in [0.4, 0.5) is 5.69 Å². The van der Waals surface area contributed by atoms with Crippen molar-refractivity contribution in [3.8, 4) is 0 Å². The molecule has 0 fully saturated rings. The Labute approximate surface area is 117 Å². The minimum absolute atomic E-state index is 0.696. The molecule has 18 heavy (non-hydrogen) atoms. The first-order chi connectivity index (χ1) is 8.80. The van der Waals surface area contributed by atoms with Crippen LogP contribution in [0.1, 0.15) is 45.1 Å². The Bertz CT molecular complexity index is 307. The highest BCUT2D eigenvalue weighted by molar-refractivity contribution is 6.17. The Hall–Kier alpha value is -0.690. The first-order valence-electron chi connectivity index (χ1n) is 7.18. The number of rotatable bonds is 9. The fourth-order valence-corrected chi connectivity index (χ4v) is 2.32. The molecule has 1 atom stereocenters. The molecule has 0 saturated carbocycles. The second-order valence-corrected chi connectivity index (χ2v) is 5.31. The number of hydrogen-bond donors (Lipinski definition) is 1. The van der Waals surface area contributed by atoms with E-state index in [-0.39, 0.29) is 0 Å². The van der Waals surface area contributed by atoms with E-state index in [1.54, 1.807) is 0 Å². The topological polar surface area (TPSA) is 12.0 Å². The van der Waals surface area contributed by atoms with Crippen LogP contribution in [-0.2, 0) is 6.42 Å². The maximum Gasteiger partial charge on any atom is 0.0340 e. The normalized spacial score (nSPS) is 12.4.